The van der Waals surface area contributed by atoms with Crippen LogP contribution in [0, 0.1) is 6.92 Å². The second-order valence-electron chi connectivity index (χ2n) is 4.27. The van der Waals surface area contributed by atoms with Crippen LogP contribution in [0.2, 0.25) is 0 Å². The highest BCUT2D eigenvalue weighted by Crippen LogP contribution is 2.22. The topological polar surface area (TPSA) is 78.9 Å². The normalized spacial score (nSPS) is 11.2. The van der Waals surface area contributed by atoms with E-state index in [0.29, 0.717) is 18.1 Å². The highest BCUT2D eigenvalue weighted by Gasteiger charge is 2.11. The monoisotopic (exact) mass is 283 g/mol. The Kier molecular flexibility index (Phi) is 4.57. The van der Waals surface area contributed by atoms with Crippen molar-refractivity contribution in [2.45, 2.75) is 19.9 Å². The molecule has 2 N–H and O–H groups in total. The van der Waals surface area contributed by atoms with Crippen molar-refractivity contribution in [2.75, 3.05) is 18.9 Å². The Labute approximate surface area is 114 Å². The zero-order valence-electron chi connectivity index (χ0n) is 11.0. The number of tetrazole rings is 1. The van der Waals surface area contributed by atoms with Gasteiger partial charge in [0, 0.05) is 11.3 Å². The number of nitrogens with two attached hydrogens (primary N) is 1. The molecule has 0 aliphatic carbocycles. The van der Waals surface area contributed by atoms with E-state index < -0.39 is 13.0 Å². The third-order valence-corrected chi connectivity index (χ3v) is 2.71. The molecule has 2 aromatic rings. The van der Waals surface area contributed by atoms with Gasteiger partial charge in [-0.05, 0) is 41.1 Å². The number of alkyl halides is 2. The van der Waals surface area contributed by atoms with Gasteiger partial charge in [-0.3, -0.25) is 0 Å². The average Bonchev–Trinajstić information content (AvgIpc) is 2.82. The van der Waals surface area contributed by atoms with Crippen molar-refractivity contribution in [3.05, 3.63) is 23.8 Å². The molecule has 20 heavy (non-hydrogen) atoms. The third-order valence-electron chi connectivity index (χ3n) is 2.71. The fraction of sp³-hybridized carbons (Fsp3) is 0.417. The van der Waals surface area contributed by atoms with E-state index in [1.807, 2.05) is 19.1 Å². The summed E-state index contributed by atoms with van der Waals surface area (Å²) in [6, 6.07) is 5.41. The quantitative estimate of drug-likeness (QED) is 0.642. The van der Waals surface area contributed by atoms with E-state index in [-0.39, 0.29) is 6.61 Å². The number of hydrogen-bond donors (Lipinski definition) is 1. The van der Waals surface area contributed by atoms with Crippen LogP contribution in [-0.4, -0.2) is 39.8 Å². The van der Waals surface area contributed by atoms with Crippen LogP contribution in [0.4, 0.5) is 14.5 Å². The Morgan fingerprint density at radius 3 is 2.90 bits per heavy atom. The third kappa shape index (κ3) is 3.47. The van der Waals surface area contributed by atoms with E-state index in [9.17, 15) is 8.78 Å². The van der Waals surface area contributed by atoms with Crippen LogP contribution >= 0.6 is 0 Å². The number of hydrogen-bond acceptors (Lipinski definition) is 5. The number of aryl methyl sites for hydroxylation is 1. The molecule has 0 aliphatic heterocycles. The second kappa shape index (κ2) is 6.38. The van der Waals surface area contributed by atoms with E-state index in [2.05, 4.69) is 15.5 Å². The molecular formula is C12H15F2N5O. The number of nitrogen functional groups attached to an aromatic ring is 1. The lowest BCUT2D eigenvalue weighted by molar-refractivity contribution is 0.0140. The van der Waals surface area contributed by atoms with Gasteiger partial charge in [0.05, 0.1) is 13.2 Å². The van der Waals surface area contributed by atoms with E-state index >= 15 is 0 Å². The van der Waals surface area contributed by atoms with E-state index in [4.69, 9.17) is 10.5 Å². The number of rotatable bonds is 6. The summed E-state index contributed by atoms with van der Waals surface area (Å²) >= 11 is 0. The fourth-order valence-electron chi connectivity index (χ4n) is 1.81. The summed E-state index contributed by atoms with van der Waals surface area (Å²) in [6.07, 6.45) is -2.47. The van der Waals surface area contributed by atoms with Gasteiger partial charge in [-0.2, -0.15) is 0 Å². The number of nitrogens with zero attached hydrogens (tertiary/aromatic N) is 4. The SMILES string of the molecule is Cc1cc(N)ccc1-c1nnnn1CCOCC(F)F. The van der Waals surface area contributed by atoms with Crippen molar-refractivity contribution >= 4 is 5.69 Å². The second-order valence-corrected chi connectivity index (χ2v) is 4.27. The van der Waals surface area contributed by atoms with Crippen molar-refractivity contribution in [3.8, 4) is 11.4 Å². The minimum absolute atomic E-state index is 0.121. The Hall–Kier alpha value is -2.09. The van der Waals surface area contributed by atoms with Gasteiger partial charge in [-0.25, -0.2) is 13.5 Å². The smallest absolute Gasteiger partial charge is 0.261 e. The molecule has 0 bridgehead atoms. The lowest BCUT2D eigenvalue weighted by Gasteiger charge is -2.08. The van der Waals surface area contributed by atoms with E-state index in [1.54, 1.807) is 6.07 Å². The van der Waals surface area contributed by atoms with Gasteiger partial charge >= 0.3 is 0 Å². The van der Waals surface area contributed by atoms with Gasteiger partial charge in [0.15, 0.2) is 5.82 Å². The summed E-state index contributed by atoms with van der Waals surface area (Å²) in [6.45, 7) is 1.74. The zero-order valence-corrected chi connectivity index (χ0v) is 11.0. The summed E-state index contributed by atoms with van der Waals surface area (Å²) in [5.74, 6) is 0.558. The van der Waals surface area contributed by atoms with Crippen LogP contribution in [0.3, 0.4) is 0 Å². The molecule has 0 amide bonds. The molecule has 0 saturated carbocycles. The van der Waals surface area contributed by atoms with Crippen LogP contribution in [0.1, 0.15) is 5.56 Å². The molecule has 0 fully saturated rings. The molecule has 0 saturated heterocycles. The first kappa shape index (κ1) is 14.3. The standard InChI is InChI=1S/C12H15F2N5O/c1-8-6-9(15)2-3-10(8)12-16-17-18-19(12)4-5-20-7-11(13)14/h2-3,6,11H,4-5,7,15H2,1H3. The minimum Gasteiger partial charge on any atom is -0.399 e. The number of halogens is 2. The Morgan fingerprint density at radius 2 is 2.20 bits per heavy atom. The van der Waals surface area contributed by atoms with Crippen molar-refractivity contribution < 1.29 is 13.5 Å². The summed E-state index contributed by atoms with van der Waals surface area (Å²) < 4.78 is 30.2. The fourth-order valence-corrected chi connectivity index (χ4v) is 1.81. The maximum atomic E-state index is 12.0. The highest BCUT2D eigenvalue weighted by molar-refractivity contribution is 5.63. The van der Waals surface area contributed by atoms with Crippen molar-refractivity contribution in [1.29, 1.82) is 0 Å². The lowest BCUT2D eigenvalue weighted by atomic mass is 10.1. The number of aromatic nitrogens is 4. The van der Waals surface area contributed by atoms with Gasteiger partial charge in [-0.15, -0.1) is 5.10 Å². The summed E-state index contributed by atoms with van der Waals surface area (Å²) in [5, 5.41) is 11.4. The molecule has 1 aromatic heterocycles. The van der Waals surface area contributed by atoms with Crippen molar-refractivity contribution in [2.24, 2.45) is 0 Å². The van der Waals surface area contributed by atoms with Crippen molar-refractivity contribution in [1.82, 2.24) is 20.2 Å². The summed E-state index contributed by atoms with van der Waals surface area (Å²) in [7, 11) is 0. The molecule has 0 spiro atoms. The number of benzene rings is 1. The molecule has 6 nitrogen and oxygen atoms in total. The first-order chi connectivity index (χ1) is 9.58. The Bertz CT molecular complexity index is 573. The van der Waals surface area contributed by atoms with Crippen molar-refractivity contribution in [3.63, 3.8) is 0 Å². The van der Waals surface area contributed by atoms with Crippen LogP contribution in [0.25, 0.3) is 11.4 Å². The van der Waals surface area contributed by atoms with Gasteiger partial charge in [-0.1, -0.05) is 0 Å². The predicted molar refractivity (Wildman–Crippen MR) is 69.2 cm³/mol. The largest absolute Gasteiger partial charge is 0.399 e. The Balaban J connectivity index is 2.08. The average molecular weight is 283 g/mol. The molecule has 1 aromatic carbocycles. The highest BCUT2D eigenvalue weighted by atomic mass is 19.3. The first-order valence-electron chi connectivity index (χ1n) is 6.06. The number of anilines is 1. The lowest BCUT2D eigenvalue weighted by Crippen LogP contribution is -2.12. The molecule has 0 atom stereocenters. The van der Waals surface area contributed by atoms with E-state index in [0.717, 1.165) is 11.1 Å². The molecule has 8 heteroatoms. The summed E-state index contributed by atoms with van der Waals surface area (Å²) in [5.41, 5.74) is 8.14. The number of ether oxygens (including phenoxy) is 1. The molecule has 0 unspecified atom stereocenters. The van der Waals surface area contributed by atoms with Crippen LogP contribution in [0.15, 0.2) is 18.2 Å². The minimum atomic E-state index is -2.47. The first-order valence-corrected chi connectivity index (χ1v) is 6.06. The molecule has 1 heterocycles. The van der Waals surface area contributed by atoms with Crippen LogP contribution < -0.4 is 5.73 Å². The molecule has 108 valence electrons. The maximum absolute atomic E-state index is 12.0. The molecule has 2 rings (SSSR count). The molecule has 0 radical (unpaired) electrons. The van der Waals surface area contributed by atoms with Gasteiger partial charge < -0.3 is 10.5 Å². The van der Waals surface area contributed by atoms with Crippen LogP contribution in [0.5, 0.6) is 0 Å². The van der Waals surface area contributed by atoms with Gasteiger partial charge in [0.2, 0.25) is 0 Å². The predicted octanol–water partition coefficient (Wildman–Crippen LogP) is 1.51. The van der Waals surface area contributed by atoms with E-state index in [1.165, 1.54) is 4.68 Å². The van der Waals surface area contributed by atoms with Gasteiger partial charge in [0.25, 0.3) is 6.43 Å². The molecule has 0 aliphatic rings. The Morgan fingerprint density at radius 1 is 1.40 bits per heavy atom. The molecular weight excluding hydrogens is 268 g/mol. The summed E-state index contributed by atoms with van der Waals surface area (Å²) in [4.78, 5) is 0. The van der Waals surface area contributed by atoms with Crippen LogP contribution in [-0.2, 0) is 11.3 Å². The zero-order chi connectivity index (χ0) is 14.5. The maximum Gasteiger partial charge on any atom is 0.261 e. The van der Waals surface area contributed by atoms with Gasteiger partial charge in [0.1, 0.15) is 6.61 Å².